The molecule has 1 saturated carbocycles. The molecule has 1 aliphatic carbocycles. The molecule has 3 N–H and O–H groups in total. The maximum absolute atomic E-state index is 12.2. The second kappa shape index (κ2) is 6.23. The molecule has 2 heterocycles. The molecule has 0 aromatic carbocycles. The van der Waals surface area contributed by atoms with E-state index in [-0.39, 0.29) is 11.9 Å². The van der Waals surface area contributed by atoms with Crippen molar-refractivity contribution < 1.29 is 4.79 Å². The van der Waals surface area contributed by atoms with Crippen LogP contribution in [0.4, 0.5) is 0 Å². The fourth-order valence-corrected chi connectivity index (χ4v) is 3.99. The summed E-state index contributed by atoms with van der Waals surface area (Å²) in [5.41, 5.74) is 0. The first-order valence-electron chi connectivity index (χ1n) is 8.07. The molecule has 3 rings (SSSR count). The van der Waals surface area contributed by atoms with Gasteiger partial charge in [-0.05, 0) is 57.0 Å². The second-order valence-corrected chi connectivity index (χ2v) is 6.56. The van der Waals surface area contributed by atoms with Crippen LogP contribution in [-0.4, -0.2) is 37.6 Å². The summed E-state index contributed by atoms with van der Waals surface area (Å²) in [5, 5.41) is 10.1. The standard InChI is InChI=1S/C15H27N3O/c19-15(17-10-11-4-3-7-16-9-11)14-8-12-5-1-2-6-13(12)18-14/h11-14,16,18H,1-10H2,(H,17,19). The summed E-state index contributed by atoms with van der Waals surface area (Å²) in [5.74, 6) is 1.61. The predicted molar refractivity (Wildman–Crippen MR) is 75.9 cm³/mol. The first kappa shape index (κ1) is 13.4. The molecule has 0 aromatic heterocycles. The zero-order chi connectivity index (χ0) is 13.1. The lowest BCUT2D eigenvalue weighted by atomic mass is 9.85. The number of amides is 1. The first-order valence-corrected chi connectivity index (χ1v) is 8.07. The first-order chi connectivity index (χ1) is 9.33. The molecule has 2 saturated heterocycles. The van der Waals surface area contributed by atoms with Gasteiger partial charge in [0.15, 0.2) is 0 Å². The molecule has 4 atom stereocenters. The molecule has 0 spiro atoms. The van der Waals surface area contributed by atoms with E-state index in [2.05, 4.69) is 16.0 Å². The summed E-state index contributed by atoms with van der Waals surface area (Å²) in [6, 6.07) is 0.686. The van der Waals surface area contributed by atoms with Crippen LogP contribution in [0.2, 0.25) is 0 Å². The Morgan fingerprint density at radius 2 is 2.05 bits per heavy atom. The normalized spacial score (nSPS) is 38.7. The zero-order valence-electron chi connectivity index (χ0n) is 11.8. The number of hydrogen-bond acceptors (Lipinski definition) is 3. The molecule has 0 radical (unpaired) electrons. The van der Waals surface area contributed by atoms with E-state index < -0.39 is 0 Å². The Morgan fingerprint density at radius 1 is 1.16 bits per heavy atom. The van der Waals surface area contributed by atoms with Gasteiger partial charge in [-0.2, -0.15) is 0 Å². The minimum Gasteiger partial charge on any atom is -0.354 e. The minimum atomic E-state index is 0.0737. The molecule has 1 amide bonds. The Labute approximate surface area is 116 Å². The van der Waals surface area contributed by atoms with Crippen molar-refractivity contribution in [3.63, 3.8) is 0 Å². The smallest absolute Gasteiger partial charge is 0.237 e. The van der Waals surface area contributed by atoms with Gasteiger partial charge in [0.25, 0.3) is 0 Å². The van der Waals surface area contributed by atoms with Gasteiger partial charge in [0.2, 0.25) is 5.91 Å². The fraction of sp³-hybridized carbons (Fsp3) is 0.933. The van der Waals surface area contributed by atoms with E-state index >= 15 is 0 Å². The molecule has 4 nitrogen and oxygen atoms in total. The average molecular weight is 265 g/mol. The number of nitrogens with one attached hydrogen (secondary N) is 3. The Kier molecular flexibility index (Phi) is 4.38. The van der Waals surface area contributed by atoms with Crippen molar-refractivity contribution in [3.8, 4) is 0 Å². The summed E-state index contributed by atoms with van der Waals surface area (Å²) < 4.78 is 0. The van der Waals surface area contributed by atoms with Gasteiger partial charge < -0.3 is 16.0 Å². The van der Waals surface area contributed by atoms with Gasteiger partial charge in [0.05, 0.1) is 6.04 Å². The van der Waals surface area contributed by atoms with Crippen molar-refractivity contribution >= 4 is 5.91 Å². The number of rotatable bonds is 3. The van der Waals surface area contributed by atoms with Crippen LogP contribution in [0.5, 0.6) is 0 Å². The quantitative estimate of drug-likeness (QED) is 0.714. The van der Waals surface area contributed by atoms with Crippen molar-refractivity contribution in [2.24, 2.45) is 11.8 Å². The third-order valence-corrected chi connectivity index (χ3v) is 5.14. The molecular weight excluding hydrogens is 238 g/mol. The molecule has 0 aromatic rings. The van der Waals surface area contributed by atoms with Crippen molar-refractivity contribution in [2.75, 3.05) is 19.6 Å². The van der Waals surface area contributed by atoms with E-state index in [1.165, 1.54) is 38.5 Å². The highest BCUT2D eigenvalue weighted by Gasteiger charge is 2.38. The van der Waals surface area contributed by atoms with Crippen LogP contribution < -0.4 is 16.0 Å². The lowest BCUT2D eigenvalue weighted by molar-refractivity contribution is -0.123. The summed E-state index contributed by atoms with van der Waals surface area (Å²) in [7, 11) is 0. The molecule has 4 heteroatoms. The molecule has 3 fully saturated rings. The lowest BCUT2D eigenvalue weighted by Gasteiger charge is -2.24. The lowest BCUT2D eigenvalue weighted by Crippen LogP contribution is -2.46. The molecule has 19 heavy (non-hydrogen) atoms. The molecule has 0 bridgehead atoms. The topological polar surface area (TPSA) is 53.2 Å². The third-order valence-electron chi connectivity index (χ3n) is 5.14. The van der Waals surface area contributed by atoms with Crippen molar-refractivity contribution in [2.45, 2.75) is 57.0 Å². The van der Waals surface area contributed by atoms with Gasteiger partial charge in [-0.3, -0.25) is 4.79 Å². The Morgan fingerprint density at radius 3 is 2.84 bits per heavy atom. The van der Waals surface area contributed by atoms with E-state index in [9.17, 15) is 4.79 Å². The van der Waals surface area contributed by atoms with Crippen molar-refractivity contribution in [1.29, 1.82) is 0 Å². The molecule has 108 valence electrons. The molecule has 4 unspecified atom stereocenters. The molecular formula is C15H27N3O. The van der Waals surface area contributed by atoms with Crippen LogP contribution in [0.1, 0.15) is 44.9 Å². The summed E-state index contributed by atoms with van der Waals surface area (Å²) in [6.07, 6.45) is 8.80. The largest absolute Gasteiger partial charge is 0.354 e. The van der Waals surface area contributed by atoms with E-state index in [0.29, 0.717) is 12.0 Å². The highest BCUT2D eigenvalue weighted by molar-refractivity contribution is 5.82. The van der Waals surface area contributed by atoms with Gasteiger partial charge in [0, 0.05) is 12.6 Å². The van der Waals surface area contributed by atoms with Gasteiger partial charge in [0.1, 0.15) is 0 Å². The van der Waals surface area contributed by atoms with Crippen LogP contribution >= 0.6 is 0 Å². The van der Waals surface area contributed by atoms with Crippen LogP contribution in [0, 0.1) is 11.8 Å². The second-order valence-electron chi connectivity index (χ2n) is 6.56. The monoisotopic (exact) mass is 265 g/mol. The highest BCUT2D eigenvalue weighted by Crippen LogP contribution is 2.33. The van der Waals surface area contributed by atoms with Gasteiger partial charge >= 0.3 is 0 Å². The number of hydrogen-bond donors (Lipinski definition) is 3. The summed E-state index contributed by atoms with van der Waals surface area (Å²) >= 11 is 0. The summed E-state index contributed by atoms with van der Waals surface area (Å²) in [6.45, 7) is 3.04. The Bertz CT molecular complexity index is 301. The van der Waals surface area contributed by atoms with Crippen molar-refractivity contribution in [3.05, 3.63) is 0 Å². The Hall–Kier alpha value is -0.610. The number of piperidine rings is 1. The minimum absolute atomic E-state index is 0.0737. The van der Waals surface area contributed by atoms with Crippen molar-refractivity contribution in [1.82, 2.24) is 16.0 Å². The zero-order valence-corrected chi connectivity index (χ0v) is 11.8. The van der Waals surface area contributed by atoms with E-state index in [1.54, 1.807) is 0 Å². The number of fused-ring (bicyclic) bond motifs is 1. The Balaban J connectivity index is 1.43. The molecule has 2 aliphatic heterocycles. The van der Waals surface area contributed by atoms with E-state index in [0.717, 1.165) is 32.0 Å². The van der Waals surface area contributed by atoms with E-state index in [4.69, 9.17) is 0 Å². The fourth-order valence-electron chi connectivity index (χ4n) is 3.99. The summed E-state index contributed by atoms with van der Waals surface area (Å²) in [4.78, 5) is 12.2. The third kappa shape index (κ3) is 3.29. The van der Waals surface area contributed by atoms with E-state index in [1.807, 2.05) is 0 Å². The maximum atomic E-state index is 12.2. The maximum Gasteiger partial charge on any atom is 0.237 e. The van der Waals surface area contributed by atoms with Crippen LogP contribution in [0.25, 0.3) is 0 Å². The van der Waals surface area contributed by atoms with Crippen LogP contribution in [0.15, 0.2) is 0 Å². The molecule has 3 aliphatic rings. The number of carbonyl (C=O) groups is 1. The highest BCUT2D eigenvalue weighted by atomic mass is 16.2. The van der Waals surface area contributed by atoms with Gasteiger partial charge in [-0.25, -0.2) is 0 Å². The average Bonchev–Trinajstić information content (AvgIpc) is 2.90. The van der Waals surface area contributed by atoms with Gasteiger partial charge in [-0.1, -0.05) is 12.8 Å². The predicted octanol–water partition coefficient (Wildman–Crippen LogP) is 1.02. The van der Waals surface area contributed by atoms with Crippen LogP contribution in [0.3, 0.4) is 0 Å². The van der Waals surface area contributed by atoms with Crippen LogP contribution in [-0.2, 0) is 4.79 Å². The SMILES string of the molecule is O=C(NCC1CCCNC1)C1CC2CCCCC2N1. The number of carbonyl (C=O) groups excluding carboxylic acids is 1. The van der Waals surface area contributed by atoms with Gasteiger partial charge in [-0.15, -0.1) is 0 Å².